The fourth-order valence-electron chi connectivity index (χ4n) is 3.03. The zero-order valence-electron chi connectivity index (χ0n) is 10.5. The molecule has 1 atom stereocenters. The van der Waals surface area contributed by atoms with E-state index in [-0.39, 0.29) is 0 Å². The molecular weight excluding hydrogens is 192 g/mol. The number of allylic oxidation sites excluding steroid dienone is 2. The molecule has 0 fully saturated rings. The van der Waals surface area contributed by atoms with Crippen molar-refractivity contribution in [3.8, 4) is 0 Å². The van der Waals surface area contributed by atoms with Gasteiger partial charge in [0, 0.05) is 0 Å². The minimum absolute atomic E-state index is 0.842. The Balaban J connectivity index is 2.39. The van der Waals surface area contributed by atoms with Crippen LogP contribution in [0.2, 0.25) is 0 Å². The lowest BCUT2D eigenvalue weighted by atomic mass is 9.78. The van der Waals surface area contributed by atoms with E-state index < -0.39 is 0 Å². The predicted molar refractivity (Wildman–Crippen MR) is 71.3 cm³/mol. The van der Waals surface area contributed by atoms with E-state index >= 15 is 0 Å². The van der Waals surface area contributed by atoms with Crippen LogP contribution in [0.1, 0.15) is 51.5 Å². The van der Waals surface area contributed by atoms with E-state index in [2.05, 4.69) is 44.2 Å². The van der Waals surface area contributed by atoms with Gasteiger partial charge in [-0.1, -0.05) is 49.8 Å². The number of rotatable bonds is 3. The van der Waals surface area contributed by atoms with Crippen LogP contribution in [0.4, 0.5) is 0 Å². The molecule has 0 aromatic heterocycles. The Morgan fingerprint density at radius 3 is 2.50 bits per heavy atom. The second-order valence-electron chi connectivity index (χ2n) is 4.72. The van der Waals surface area contributed by atoms with E-state index in [4.69, 9.17) is 0 Å². The lowest BCUT2D eigenvalue weighted by Gasteiger charge is -2.27. The zero-order chi connectivity index (χ0) is 11.4. The van der Waals surface area contributed by atoms with Crippen LogP contribution in [-0.4, -0.2) is 0 Å². The Hall–Kier alpha value is -1.04. The quantitative estimate of drug-likeness (QED) is 0.659. The van der Waals surface area contributed by atoms with E-state index in [1.165, 1.54) is 37.7 Å². The summed E-state index contributed by atoms with van der Waals surface area (Å²) >= 11 is 0. The minimum atomic E-state index is 0.842. The van der Waals surface area contributed by atoms with E-state index in [1.807, 2.05) is 0 Å². The highest BCUT2D eigenvalue weighted by molar-refractivity contribution is 5.69. The summed E-state index contributed by atoms with van der Waals surface area (Å²) in [6.45, 7) is 4.64. The molecule has 0 spiro atoms. The van der Waals surface area contributed by atoms with Gasteiger partial charge < -0.3 is 0 Å². The summed E-state index contributed by atoms with van der Waals surface area (Å²) in [5, 5.41) is 0. The third kappa shape index (κ3) is 2.21. The second-order valence-corrected chi connectivity index (χ2v) is 4.72. The van der Waals surface area contributed by atoms with Gasteiger partial charge in [-0.15, -0.1) is 0 Å². The molecule has 0 nitrogen and oxygen atoms in total. The molecule has 1 aliphatic rings. The SMILES string of the molecule is CCC1=C(c2ccccc2)CCCC1CC. The van der Waals surface area contributed by atoms with Crippen molar-refractivity contribution in [1.29, 1.82) is 0 Å². The maximum absolute atomic E-state index is 2.33. The average Bonchev–Trinajstić information content (AvgIpc) is 2.38. The molecule has 0 N–H and O–H groups in total. The molecule has 0 heterocycles. The summed E-state index contributed by atoms with van der Waals surface area (Å²) in [6, 6.07) is 11.0. The van der Waals surface area contributed by atoms with Crippen molar-refractivity contribution in [2.24, 2.45) is 5.92 Å². The average molecular weight is 214 g/mol. The third-order valence-electron chi connectivity index (χ3n) is 3.86. The van der Waals surface area contributed by atoms with Gasteiger partial charge in [0.1, 0.15) is 0 Å². The summed E-state index contributed by atoms with van der Waals surface area (Å²) in [5.41, 5.74) is 4.82. The number of hydrogen-bond acceptors (Lipinski definition) is 0. The molecule has 0 amide bonds. The van der Waals surface area contributed by atoms with Crippen molar-refractivity contribution in [3.63, 3.8) is 0 Å². The van der Waals surface area contributed by atoms with Crippen LogP contribution in [0, 0.1) is 5.92 Å². The normalized spacial score (nSPS) is 21.2. The van der Waals surface area contributed by atoms with Gasteiger partial charge in [0.05, 0.1) is 0 Å². The molecule has 16 heavy (non-hydrogen) atoms. The van der Waals surface area contributed by atoms with Crippen LogP contribution in [0.15, 0.2) is 35.9 Å². The van der Waals surface area contributed by atoms with Crippen LogP contribution < -0.4 is 0 Å². The standard InChI is InChI=1S/C16H22/c1-3-13-11-8-12-16(15(13)4-2)14-9-6-5-7-10-14/h5-7,9-10,13H,3-4,8,11-12H2,1-2H3. The molecule has 1 aromatic carbocycles. The highest BCUT2D eigenvalue weighted by atomic mass is 14.3. The number of benzene rings is 1. The molecule has 0 aliphatic heterocycles. The van der Waals surface area contributed by atoms with Gasteiger partial charge in [-0.3, -0.25) is 0 Å². The first kappa shape index (κ1) is 11.4. The van der Waals surface area contributed by atoms with Crippen LogP contribution in [0.3, 0.4) is 0 Å². The van der Waals surface area contributed by atoms with Crippen molar-refractivity contribution in [2.75, 3.05) is 0 Å². The molecular formula is C16H22. The first-order chi connectivity index (χ1) is 7.86. The Bertz CT molecular complexity index is 359. The molecule has 0 heteroatoms. The predicted octanol–water partition coefficient (Wildman–Crippen LogP) is 5.06. The fraction of sp³-hybridized carbons (Fsp3) is 0.500. The van der Waals surface area contributed by atoms with Gasteiger partial charge >= 0.3 is 0 Å². The highest BCUT2D eigenvalue weighted by Crippen LogP contribution is 2.38. The van der Waals surface area contributed by atoms with E-state index in [1.54, 1.807) is 11.1 Å². The van der Waals surface area contributed by atoms with Gasteiger partial charge in [-0.05, 0) is 49.2 Å². The first-order valence-corrected chi connectivity index (χ1v) is 6.64. The van der Waals surface area contributed by atoms with Crippen molar-refractivity contribution >= 4 is 5.57 Å². The van der Waals surface area contributed by atoms with Crippen LogP contribution in [-0.2, 0) is 0 Å². The van der Waals surface area contributed by atoms with Crippen LogP contribution in [0.25, 0.3) is 5.57 Å². The van der Waals surface area contributed by atoms with Crippen LogP contribution >= 0.6 is 0 Å². The molecule has 0 radical (unpaired) electrons. The summed E-state index contributed by atoms with van der Waals surface area (Å²) in [6.07, 6.45) is 6.58. The van der Waals surface area contributed by atoms with Crippen molar-refractivity contribution in [1.82, 2.24) is 0 Å². The third-order valence-corrected chi connectivity index (χ3v) is 3.86. The molecule has 0 bridgehead atoms. The topological polar surface area (TPSA) is 0 Å². The molecule has 1 unspecified atom stereocenters. The summed E-state index contributed by atoms with van der Waals surface area (Å²) in [5.74, 6) is 0.842. The number of hydrogen-bond donors (Lipinski definition) is 0. The van der Waals surface area contributed by atoms with E-state index in [0.29, 0.717) is 0 Å². The Labute approximate surface area is 99.4 Å². The summed E-state index contributed by atoms with van der Waals surface area (Å²) in [7, 11) is 0. The Morgan fingerprint density at radius 2 is 1.88 bits per heavy atom. The highest BCUT2D eigenvalue weighted by Gasteiger charge is 2.20. The monoisotopic (exact) mass is 214 g/mol. The first-order valence-electron chi connectivity index (χ1n) is 6.64. The van der Waals surface area contributed by atoms with Gasteiger partial charge in [0.2, 0.25) is 0 Å². The molecule has 1 aromatic rings. The molecule has 0 saturated heterocycles. The van der Waals surface area contributed by atoms with Crippen molar-refractivity contribution in [2.45, 2.75) is 46.0 Å². The summed E-state index contributed by atoms with van der Waals surface area (Å²) in [4.78, 5) is 0. The Kier molecular flexibility index (Phi) is 3.82. The molecule has 1 aliphatic carbocycles. The Morgan fingerprint density at radius 1 is 1.12 bits per heavy atom. The van der Waals surface area contributed by atoms with Crippen LogP contribution in [0.5, 0.6) is 0 Å². The van der Waals surface area contributed by atoms with Gasteiger partial charge in [-0.2, -0.15) is 0 Å². The smallest absolute Gasteiger partial charge is 0.0200 e. The largest absolute Gasteiger partial charge is 0.0648 e. The second kappa shape index (κ2) is 5.34. The van der Waals surface area contributed by atoms with E-state index in [9.17, 15) is 0 Å². The molecule has 2 rings (SSSR count). The molecule has 0 saturated carbocycles. The van der Waals surface area contributed by atoms with Gasteiger partial charge in [0.15, 0.2) is 0 Å². The minimum Gasteiger partial charge on any atom is -0.0648 e. The maximum Gasteiger partial charge on any atom is -0.0200 e. The van der Waals surface area contributed by atoms with Gasteiger partial charge in [0.25, 0.3) is 0 Å². The molecule has 86 valence electrons. The van der Waals surface area contributed by atoms with Crippen molar-refractivity contribution in [3.05, 3.63) is 41.5 Å². The van der Waals surface area contributed by atoms with E-state index in [0.717, 1.165) is 5.92 Å². The van der Waals surface area contributed by atoms with Gasteiger partial charge in [-0.25, -0.2) is 0 Å². The lowest BCUT2D eigenvalue weighted by molar-refractivity contribution is 0.492. The lowest BCUT2D eigenvalue weighted by Crippen LogP contribution is -2.10. The van der Waals surface area contributed by atoms with Crippen molar-refractivity contribution < 1.29 is 0 Å². The maximum atomic E-state index is 2.33. The zero-order valence-corrected chi connectivity index (χ0v) is 10.5. The fourth-order valence-corrected chi connectivity index (χ4v) is 3.03. The summed E-state index contributed by atoms with van der Waals surface area (Å²) < 4.78 is 0.